The average Bonchev–Trinajstić information content (AvgIpc) is 2.86. The smallest absolute Gasteiger partial charge is 0.326 e. The van der Waals surface area contributed by atoms with Crippen molar-refractivity contribution in [3.8, 4) is 5.75 Å². The largest absolute Gasteiger partial charge is 0.508 e. The van der Waals surface area contributed by atoms with Crippen molar-refractivity contribution in [3.63, 3.8) is 0 Å². The number of thioether (sulfide) groups is 1. The van der Waals surface area contributed by atoms with Gasteiger partial charge in [-0.15, -0.1) is 11.8 Å². The highest BCUT2D eigenvalue weighted by molar-refractivity contribution is 8.00. The zero-order chi connectivity index (χ0) is 15.4. The summed E-state index contributed by atoms with van der Waals surface area (Å²) in [6.45, 7) is 0.426. The zero-order valence-corrected chi connectivity index (χ0v) is 13.0. The van der Waals surface area contributed by atoms with Crippen LogP contribution in [-0.4, -0.2) is 50.6 Å². The predicted molar refractivity (Wildman–Crippen MR) is 84.0 cm³/mol. The summed E-state index contributed by atoms with van der Waals surface area (Å²) in [5.41, 5.74) is 0. The second-order valence-corrected chi connectivity index (χ2v) is 6.66. The molecule has 1 aliphatic heterocycles. The van der Waals surface area contributed by atoms with E-state index < -0.39 is 12.0 Å². The lowest BCUT2D eigenvalue weighted by molar-refractivity contribution is -0.148. The Balaban J connectivity index is 2.04. The lowest BCUT2D eigenvalue weighted by atomic mass is 10.2. The van der Waals surface area contributed by atoms with Gasteiger partial charge in [-0.1, -0.05) is 0 Å². The number of aliphatic carboxylic acids is 1. The normalized spacial score (nSPS) is 21.5. The summed E-state index contributed by atoms with van der Waals surface area (Å²) in [4.78, 5) is 25.7. The summed E-state index contributed by atoms with van der Waals surface area (Å²) >= 11 is 5.56. The van der Waals surface area contributed by atoms with Crippen LogP contribution in [0.4, 0.5) is 0 Å². The van der Waals surface area contributed by atoms with Crippen molar-refractivity contribution in [2.45, 2.75) is 29.0 Å². The summed E-state index contributed by atoms with van der Waals surface area (Å²) < 4.78 is 0. The van der Waals surface area contributed by atoms with E-state index in [1.807, 2.05) is 0 Å². The van der Waals surface area contributed by atoms with Crippen molar-refractivity contribution in [2.75, 3.05) is 12.3 Å². The zero-order valence-electron chi connectivity index (χ0n) is 11.3. The fourth-order valence-electron chi connectivity index (χ4n) is 2.35. The molecule has 1 heterocycles. The first kappa shape index (κ1) is 16.0. The van der Waals surface area contributed by atoms with Crippen molar-refractivity contribution in [1.82, 2.24) is 4.90 Å². The van der Waals surface area contributed by atoms with E-state index in [9.17, 15) is 19.8 Å². The number of aromatic hydroxyl groups is 1. The standard InChI is InChI=1S/C14H17NO4S2/c16-9-1-3-10(4-2-9)21-11-7-12(14(18)19)15(8-11)13(17)5-6-20/h1-4,11-12,16,20H,5-8H2,(H,18,19)/t11?,12-/m0/s1. The highest BCUT2D eigenvalue weighted by Crippen LogP contribution is 2.34. The maximum Gasteiger partial charge on any atom is 0.326 e. The number of carbonyl (C=O) groups excluding carboxylic acids is 1. The van der Waals surface area contributed by atoms with Crippen LogP contribution in [0.2, 0.25) is 0 Å². The number of carboxylic acid groups (broad SMARTS) is 1. The third-order valence-corrected chi connectivity index (χ3v) is 4.78. The molecular weight excluding hydrogens is 310 g/mol. The van der Waals surface area contributed by atoms with E-state index in [2.05, 4.69) is 12.6 Å². The summed E-state index contributed by atoms with van der Waals surface area (Å²) in [5.74, 6) is -0.514. The number of hydrogen-bond acceptors (Lipinski definition) is 5. The Morgan fingerprint density at radius 2 is 2.00 bits per heavy atom. The lowest BCUT2D eigenvalue weighted by Gasteiger charge is -2.20. The fraction of sp³-hybridized carbons (Fsp3) is 0.429. The number of thiol groups is 1. The molecule has 0 aromatic heterocycles. The molecule has 2 atom stereocenters. The summed E-state index contributed by atoms with van der Waals surface area (Å²) in [6.07, 6.45) is 0.683. The number of nitrogens with zero attached hydrogens (tertiary/aromatic N) is 1. The maximum absolute atomic E-state index is 12.0. The van der Waals surface area contributed by atoms with E-state index in [1.54, 1.807) is 24.3 Å². The summed E-state index contributed by atoms with van der Waals surface area (Å²) in [5, 5.41) is 18.6. The van der Waals surface area contributed by atoms with E-state index in [0.29, 0.717) is 18.7 Å². The van der Waals surface area contributed by atoms with Gasteiger partial charge in [-0.05, 0) is 36.4 Å². The Hall–Kier alpha value is -1.34. The predicted octanol–water partition coefficient (Wildman–Crippen LogP) is 1.86. The van der Waals surface area contributed by atoms with E-state index >= 15 is 0 Å². The molecule has 1 saturated heterocycles. The lowest BCUT2D eigenvalue weighted by Crippen LogP contribution is -2.40. The van der Waals surface area contributed by atoms with E-state index in [4.69, 9.17) is 0 Å². The van der Waals surface area contributed by atoms with Crippen LogP contribution in [0.15, 0.2) is 29.2 Å². The molecule has 114 valence electrons. The molecule has 1 aromatic rings. The monoisotopic (exact) mass is 327 g/mol. The van der Waals surface area contributed by atoms with Gasteiger partial charge in [-0.2, -0.15) is 12.6 Å². The van der Waals surface area contributed by atoms with Gasteiger partial charge in [0.2, 0.25) is 5.91 Å². The second kappa shape index (κ2) is 7.09. The van der Waals surface area contributed by atoms with Gasteiger partial charge in [-0.3, -0.25) is 4.79 Å². The molecule has 2 rings (SSSR count). The summed E-state index contributed by atoms with van der Waals surface area (Å²) in [6, 6.07) is 6.00. The van der Waals surface area contributed by atoms with E-state index in [1.165, 1.54) is 16.7 Å². The Morgan fingerprint density at radius 1 is 1.33 bits per heavy atom. The maximum atomic E-state index is 12.0. The molecule has 0 aliphatic carbocycles. The van der Waals surface area contributed by atoms with Crippen LogP contribution in [0.3, 0.4) is 0 Å². The molecule has 1 fully saturated rings. The number of rotatable bonds is 5. The molecule has 2 N–H and O–H groups in total. The summed E-state index contributed by atoms with van der Waals surface area (Å²) in [7, 11) is 0. The molecule has 0 saturated carbocycles. The van der Waals surface area contributed by atoms with Crippen molar-refractivity contribution in [3.05, 3.63) is 24.3 Å². The van der Waals surface area contributed by atoms with Crippen molar-refractivity contribution >= 4 is 36.3 Å². The number of likely N-dealkylation sites (tertiary alicyclic amines) is 1. The second-order valence-electron chi connectivity index (χ2n) is 4.84. The Kier molecular flexibility index (Phi) is 5.41. The molecule has 1 aromatic carbocycles. The minimum atomic E-state index is -0.962. The molecular formula is C14H17NO4S2. The van der Waals surface area contributed by atoms with E-state index in [0.717, 1.165) is 4.90 Å². The van der Waals surface area contributed by atoms with Gasteiger partial charge in [-0.25, -0.2) is 4.79 Å². The van der Waals surface area contributed by atoms with E-state index in [-0.39, 0.29) is 23.3 Å². The van der Waals surface area contributed by atoms with Crippen LogP contribution < -0.4 is 0 Å². The molecule has 5 nitrogen and oxygen atoms in total. The number of phenolic OH excluding ortho intramolecular Hbond substituents is 1. The minimum Gasteiger partial charge on any atom is -0.508 e. The minimum absolute atomic E-state index is 0.0412. The van der Waals surface area contributed by atoms with Crippen molar-refractivity contribution in [1.29, 1.82) is 0 Å². The molecule has 1 amide bonds. The van der Waals surface area contributed by atoms with Crippen LogP contribution in [0.5, 0.6) is 5.75 Å². The SMILES string of the molecule is O=C(O)[C@@H]1CC(Sc2ccc(O)cc2)CN1C(=O)CCS. The van der Waals surface area contributed by atoms with Crippen LogP contribution >= 0.6 is 24.4 Å². The van der Waals surface area contributed by atoms with Gasteiger partial charge in [0.25, 0.3) is 0 Å². The highest BCUT2D eigenvalue weighted by atomic mass is 32.2. The van der Waals surface area contributed by atoms with Crippen LogP contribution in [0.1, 0.15) is 12.8 Å². The van der Waals surface area contributed by atoms with Crippen LogP contribution in [-0.2, 0) is 9.59 Å². The Labute approximate surface area is 132 Å². The number of carboxylic acids is 1. The first-order valence-electron chi connectivity index (χ1n) is 6.60. The Morgan fingerprint density at radius 3 is 2.57 bits per heavy atom. The van der Waals surface area contributed by atoms with Gasteiger partial charge in [0.15, 0.2) is 0 Å². The third-order valence-electron chi connectivity index (χ3n) is 3.33. The van der Waals surface area contributed by atoms with Gasteiger partial charge < -0.3 is 15.1 Å². The fourth-order valence-corrected chi connectivity index (χ4v) is 3.73. The van der Waals surface area contributed by atoms with Crippen molar-refractivity contribution in [2.24, 2.45) is 0 Å². The number of amides is 1. The molecule has 1 unspecified atom stereocenters. The molecule has 7 heteroatoms. The Bertz CT molecular complexity index is 520. The number of phenols is 1. The number of benzene rings is 1. The number of hydrogen-bond donors (Lipinski definition) is 3. The van der Waals surface area contributed by atoms with Crippen LogP contribution in [0, 0.1) is 0 Å². The van der Waals surface area contributed by atoms with Gasteiger partial charge in [0.05, 0.1) is 0 Å². The first-order valence-corrected chi connectivity index (χ1v) is 8.11. The quantitative estimate of drug-likeness (QED) is 0.720. The molecule has 0 radical (unpaired) electrons. The molecule has 1 aliphatic rings. The van der Waals surface area contributed by atoms with Gasteiger partial charge >= 0.3 is 5.97 Å². The third kappa shape index (κ3) is 4.07. The van der Waals surface area contributed by atoms with Crippen molar-refractivity contribution < 1.29 is 19.8 Å². The van der Waals surface area contributed by atoms with Crippen LogP contribution in [0.25, 0.3) is 0 Å². The number of carbonyl (C=O) groups is 2. The molecule has 0 bridgehead atoms. The van der Waals surface area contributed by atoms with Gasteiger partial charge in [0, 0.05) is 23.1 Å². The topological polar surface area (TPSA) is 77.8 Å². The molecule has 0 spiro atoms. The highest BCUT2D eigenvalue weighted by Gasteiger charge is 2.39. The van der Waals surface area contributed by atoms with Gasteiger partial charge in [0.1, 0.15) is 11.8 Å². The first-order chi connectivity index (χ1) is 10.0. The average molecular weight is 327 g/mol. The molecule has 21 heavy (non-hydrogen) atoms.